The fourth-order valence-electron chi connectivity index (χ4n) is 2.34. The van der Waals surface area contributed by atoms with E-state index in [0.717, 1.165) is 24.5 Å². The molecule has 0 unspecified atom stereocenters. The molecule has 0 aliphatic rings. The summed E-state index contributed by atoms with van der Waals surface area (Å²) >= 11 is 0. The van der Waals surface area contributed by atoms with Crippen LogP contribution in [0.1, 0.15) is 11.1 Å². The van der Waals surface area contributed by atoms with E-state index >= 15 is 0 Å². The van der Waals surface area contributed by atoms with E-state index in [4.69, 9.17) is 4.74 Å². The molecule has 1 heterocycles. The summed E-state index contributed by atoms with van der Waals surface area (Å²) in [6, 6.07) is 24.4. The Bertz CT molecular complexity index is 714. The van der Waals surface area contributed by atoms with Crippen molar-refractivity contribution < 1.29 is 4.74 Å². The van der Waals surface area contributed by atoms with Crippen molar-refractivity contribution >= 4 is 5.82 Å². The predicted molar refractivity (Wildman–Crippen MR) is 93.6 cm³/mol. The van der Waals surface area contributed by atoms with Gasteiger partial charge in [0.2, 0.25) is 0 Å². The third-order valence-corrected chi connectivity index (χ3v) is 3.54. The molecule has 3 rings (SSSR count). The van der Waals surface area contributed by atoms with Gasteiger partial charge >= 0.3 is 0 Å². The molecule has 0 fully saturated rings. The standard InChI is InChI=1S/C20H20N2O/c1-2-7-17(8-3-1)12-14-23-19-10-6-9-18(15-19)16-22-20-11-4-5-13-21-20/h1-11,13,15H,12,14,16H2,(H,21,22). The van der Waals surface area contributed by atoms with Crippen molar-refractivity contribution in [3.63, 3.8) is 0 Å². The molecule has 0 atom stereocenters. The molecule has 0 radical (unpaired) electrons. The summed E-state index contributed by atoms with van der Waals surface area (Å²) in [4.78, 5) is 4.26. The van der Waals surface area contributed by atoms with Gasteiger partial charge in [-0.2, -0.15) is 0 Å². The molecule has 1 aromatic heterocycles. The van der Waals surface area contributed by atoms with Gasteiger partial charge in [-0.05, 0) is 35.4 Å². The topological polar surface area (TPSA) is 34.1 Å². The number of aromatic nitrogens is 1. The van der Waals surface area contributed by atoms with Gasteiger partial charge in [-0.15, -0.1) is 0 Å². The first-order chi connectivity index (χ1) is 11.4. The van der Waals surface area contributed by atoms with E-state index in [2.05, 4.69) is 46.7 Å². The zero-order valence-electron chi connectivity index (χ0n) is 13.0. The lowest BCUT2D eigenvalue weighted by Crippen LogP contribution is -2.03. The van der Waals surface area contributed by atoms with Crippen LogP contribution < -0.4 is 10.1 Å². The summed E-state index contributed by atoms with van der Waals surface area (Å²) in [7, 11) is 0. The van der Waals surface area contributed by atoms with E-state index in [9.17, 15) is 0 Å². The molecule has 0 aliphatic heterocycles. The third kappa shape index (κ3) is 4.85. The van der Waals surface area contributed by atoms with Gasteiger partial charge < -0.3 is 10.1 Å². The minimum atomic E-state index is 0.682. The van der Waals surface area contributed by atoms with E-state index in [-0.39, 0.29) is 0 Å². The zero-order chi connectivity index (χ0) is 15.7. The predicted octanol–water partition coefficient (Wildman–Crippen LogP) is 4.32. The van der Waals surface area contributed by atoms with Crippen molar-refractivity contribution in [2.45, 2.75) is 13.0 Å². The highest BCUT2D eigenvalue weighted by molar-refractivity contribution is 5.36. The molecule has 1 N–H and O–H groups in total. The second-order valence-corrected chi connectivity index (χ2v) is 5.30. The molecule has 3 heteroatoms. The van der Waals surface area contributed by atoms with Crippen LogP contribution >= 0.6 is 0 Å². The van der Waals surface area contributed by atoms with Crippen LogP contribution in [0.15, 0.2) is 79.0 Å². The Hall–Kier alpha value is -2.81. The molecular formula is C20H20N2O. The lowest BCUT2D eigenvalue weighted by atomic mass is 10.2. The summed E-state index contributed by atoms with van der Waals surface area (Å²) in [5.74, 6) is 1.78. The van der Waals surface area contributed by atoms with Crippen LogP contribution in [0.25, 0.3) is 0 Å². The lowest BCUT2D eigenvalue weighted by Gasteiger charge is -2.09. The number of hydrogen-bond donors (Lipinski definition) is 1. The van der Waals surface area contributed by atoms with Gasteiger partial charge in [0.15, 0.2) is 0 Å². The molecule has 0 amide bonds. The second-order valence-electron chi connectivity index (χ2n) is 5.30. The van der Waals surface area contributed by atoms with Crippen molar-refractivity contribution in [3.05, 3.63) is 90.1 Å². The second kappa shape index (κ2) is 7.99. The largest absolute Gasteiger partial charge is 0.493 e. The van der Waals surface area contributed by atoms with Gasteiger partial charge in [0.25, 0.3) is 0 Å². The van der Waals surface area contributed by atoms with Gasteiger partial charge in [-0.1, -0.05) is 48.5 Å². The molecule has 0 spiro atoms. The van der Waals surface area contributed by atoms with Crippen molar-refractivity contribution in [2.24, 2.45) is 0 Å². The Morgan fingerprint density at radius 1 is 0.826 bits per heavy atom. The first kappa shape index (κ1) is 15.1. The number of benzene rings is 2. The van der Waals surface area contributed by atoms with Crippen molar-refractivity contribution in [1.82, 2.24) is 4.98 Å². The minimum absolute atomic E-state index is 0.682. The van der Waals surface area contributed by atoms with Crippen LogP contribution in [0, 0.1) is 0 Å². The van der Waals surface area contributed by atoms with Crippen LogP contribution in [-0.2, 0) is 13.0 Å². The Morgan fingerprint density at radius 2 is 1.65 bits per heavy atom. The van der Waals surface area contributed by atoms with Crippen LogP contribution in [0.4, 0.5) is 5.82 Å². The monoisotopic (exact) mass is 304 g/mol. The number of anilines is 1. The Morgan fingerprint density at radius 3 is 2.48 bits per heavy atom. The molecule has 3 aromatic rings. The molecular weight excluding hydrogens is 284 g/mol. The van der Waals surface area contributed by atoms with Crippen LogP contribution in [-0.4, -0.2) is 11.6 Å². The van der Waals surface area contributed by atoms with Gasteiger partial charge in [-0.25, -0.2) is 4.98 Å². The normalized spacial score (nSPS) is 10.3. The van der Waals surface area contributed by atoms with E-state index in [1.165, 1.54) is 11.1 Å². The Balaban J connectivity index is 1.51. The smallest absolute Gasteiger partial charge is 0.126 e. The first-order valence-electron chi connectivity index (χ1n) is 7.81. The maximum atomic E-state index is 5.86. The number of pyridine rings is 1. The maximum Gasteiger partial charge on any atom is 0.126 e. The highest BCUT2D eigenvalue weighted by Crippen LogP contribution is 2.15. The lowest BCUT2D eigenvalue weighted by molar-refractivity contribution is 0.321. The Labute approximate surface area is 137 Å². The number of rotatable bonds is 7. The van der Waals surface area contributed by atoms with Crippen molar-refractivity contribution in [3.8, 4) is 5.75 Å². The molecule has 116 valence electrons. The third-order valence-electron chi connectivity index (χ3n) is 3.54. The average Bonchev–Trinajstić information content (AvgIpc) is 2.62. The van der Waals surface area contributed by atoms with Crippen LogP contribution in [0.2, 0.25) is 0 Å². The molecule has 23 heavy (non-hydrogen) atoms. The summed E-state index contributed by atoms with van der Waals surface area (Å²) in [6.07, 6.45) is 2.70. The van der Waals surface area contributed by atoms with Crippen LogP contribution in [0.3, 0.4) is 0 Å². The van der Waals surface area contributed by atoms with Crippen LogP contribution in [0.5, 0.6) is 5.75 Å². The molecule has 3 nitrogen and oxygen atoms in total. The summed E-state index contributed by atoms with van der Waals surface area (Å²) in [5.41, 5.74) is 2.47. The van der Waals surface area contributed by atoms with E-state index < -0.39 is 0 Å². The molecule has 0 bridgehead atoms. The maximum absolute atomic E-state index is 5.86. The minimum Gasteiger partial charge on any atom is -0.493 e. The highest BCUT2D eigenvalue weighted by Gasteiger charge is 1.99. The van der Waals surface area contributed by atoms with Crippen molar-refractivity contribution in [1.29, 1.82) is 0 Å². The Kier molecular flexibility index (Phi) is 5.25. The quantitative estimate of drug-likeness (QED) is 0.706. The molecule has 2 aromatic carbocycles. The molecule has 0 saturated carbocycles. The van der Waals surface area contributed by atoms with E-state index in [1.54, 1.807) is 6.20 Å². The molecule has 0 aliphatic carbocycles. The van der Waals surface area contributed by atoms with Crippen molar-refractivity contribution in [2.75, 3.05) is 11.9 Å². The number of ether oxygens (including phenoxy) is 1. The van der Waals surface area contributed by atoms with Gasteiger partial charge in [0, 0.05) is 19.2 Å². The average molecular weight is 304 g/mol. The van der Waals surface area contributed by atoms with Gasteiger partial charge in [0.05, 0.1) is 6.61 Å². The summed E-state index contributed by atoms with van der Waals surface area (Å²) in [6.45, 7) is 1.41. The number of hydrogen-bond acceptors (Lipinski definition) is 3. The van der Waals surface area contributed by atoms with Gasteiger partial charge in [0.1, 0.15) is 11.6 Å². The summed E-state index contributed by atoms with van der Waals surface area (Å²) in [5, 5.41) is 3.30. The first-order valence-corrected chi connectivity index (χ1v) is 7.81. The SMILES string of the molecule is c1ccc(CCOc2cccc(CNc3ccccn3)c2)cc1. The van der Waals surface area contributed by atoms with E-state index in [1.807, 2.05) is 36.4 Å². The zero-order valence-corrected chi connectivity index (χ0v) is 13.0. The fraction of sp³-hybridized carbons (Fsp3) is 0.150. The number of nitrogens with zero attached hydrogens (tertiary/aromatic N) is 1. The summed E-state index contributed by atoms with van der Waals surface area (Å²) < 4.78 is 5.86. The molecule has 0 saturated heterocycles. The fourth-order valence-corrected chi connectivity index (χ4v) is 2.34. The van der Waals surface area contributed by atoms with E-state index in [0.29, 0.717) is 6.61 Å². The number of nitrogens with one attached hydrogen (secondary N) is 1. The van der Waals surface area contributed by atoms with Gasteiger partial charge in [-0.3, -0.25) is 0 Å². The highest BCUT2D eigenvalue weighted by atomic mass is 16.5.